The standard InChI is InChI=1S/C20H21N3O3S/c1-23-19(24)13-17(22-20(23)21)9-6-14-4-3-5-16(12-14)15-7-10-18(11-8-15)27(2,25)26/h3-5,7-8,10-13H,6,9H2,1-2H3,(H2,21,22). The van der Waals surface area contributed by atoms with Crippen molar-refractivity contribution >= 4 is 15.8 Å². The van der Waals surface area contributed by atoms with Crippen molar-refractivity contribution in [3.8, 4) is 11.1 Å². The number of aromatic nitrogens is 2. The van der Waals surface area contributed by atoms with Crippen LogP contribution in [-0.4, -0.2) is 24.2 Å². The van der Waals surface area contributed by atoms with Crippen LogP contribution in [0.4, 0.5) is 5.95 Å². The van der Waals surface area contributed by atoms with Crippen LogP contribution in [0.1, 0.15) is 11.3 Å². The number of nitrogens with zero attached hydrogens (tertiary/aromatic N) is 2. The second-order valence-electron chi connectivity index (χ2n) is 6.50. The van der Waals surface area contributed by atoms with Gasteiger partial charge in [-0.1, -0.05) is 36.4 Å². The van der Waals surface area contributed by atoms with E-state index in [1.54, 1.807) is 31.3 Å². The molecule has 0 saturated heterocycles. The summed E-state index contributed by atoms with van der Waals surface area (Å²) >= 11 is 0. The zero-order valence-corrected chi connectivity index (χ0v) is 16.0. The summed E-state index contributed by atoms with van der Waals surface area (Å²) < 4.78 is 24.5. The molecule has 0 aliphatic rings. The smallest absolute Gasteiger partial charge is 0.254 e. The van der Waals surface area contributed by atoms with Crippen molar-refractivity contribution in [2.45, 2.75) is 17.7 Å². The van der Waals surface area contributed by atoms with E-state index in [-0.39, 0.29) is 11.5 Å². The first-order valence-corrected chi connectivity index (χ1v) is 10.3. The summed E-state index contributed by atoms with van der Waals surface area (Å²) in [5.41, 5.74) is 9.28. The van der Waals surface area contributed by atoms with Gasteiger partial charge in [0.2, 0.25) is 5.95 Å². The van der Waals surface area contributed by atoms with E-state index in [2.05, 4.69) is 11.1 Å². The lowest BCUT2D eigenvalue weighted by molar-refractivity contribution is 0.602. The Morgan fingerprint density at radius 3 is 2.33 bits per heavy atom. The van der Waals surface area contributed by atoms with Gasteiger partial charge in [0.1, 0.15) is 0 Å². The third kappa shape index (κ3) is 4.43. The molecule has 0 fully saturated rings. The minimum absolute atomic E-state index is 0.169. The Bertz CT molecular complexity index is 1130. The molecule has 2 N–H and O–H groups in total. The van der Waals surface area contributed by atoms with Gasteiger partial charge in [-0.3, -0.25) is 9.36 Å². The average Bonchev–Trinajstić information content (AvgIpc) is 2.64. The van der Waals surface area contributed by atoms with Crippen molar-refractivity contribution in [1.29, 1.82) is 0 Å². The van der Waals surface area contributed by atoms with Gasteiger partial charge in [0, 0.05) is 19.4 Å². The van der Waals surface area contributed by atoms with Crippen molar-refractivity contribution in [2.75, 3.05) is 12.0 Å². The molecule has 1 heterocycles. The first-order valence-electron chi connectivity index (χ1n) is 8.46. The Hall–Kier alpha value is -2.93. The highest BCUT2D eigenvalue weighted by Crippen LogP contribution is 2.23. The summed E-state index contributed by atoms with van der Waals surface area (Å²) in [5, 5.41) is 0. The van der Waals surface area contributed by atoms with Crippen LogP contribution in [-0.2, 0) is 29.7 Å². The molecule has 7 heteroatoms. The summed E-state index contributed by atoms with van der Waals surface area (Å²) in [4.78, 5) is 16.4. The molecule has 2 aromatic carbocycles. The van der Waals surface area contributed by atoms with E-state index < -0.39 is 9.84 Å². The lowest BCUT2D eigenvalue weighted by Crippen LogP contribution is -2.21. The number of nitrogens with two attached hydrogens (primary N) is 1. The fourth-order valence-corrected chi connectivity index (χ4v) is 3.44. The molecule has 140 valence electrons. The lowest BCUT2D eigenvalue weighted by Gasteiger charge is -2.08. The molecular weight excluding hydrogens is 362 g/mol. The average molecular weight is 383 g/mol. The predicted octanol–water partition coefficient (Wildman–Crippen LogP) is 2.22. The Labute approximate surface area is 158 Å². The highest BCUT2D eigenvalue weighted by Gasteiger charge is 2.08. The highest BCUT2D eigenvalue weighted by atomic mass is 32.2. The van der Waals surface area contributed by atoms with E-state index in [0.717, 1.165) is 23.1 Å². The van der Waals surface area contributed by atoms with Crippen molar-refractivity contribution < 1.29 is 8.42 Å². The molecule has 0 saturated carbocycles. The van der Waals surface area contributed by atoms with Crippen LogP contribution in [0.15, 0.2) is 64.3 Å². The number of hydrogen-bond acceptors (Lipinski definition) is 5. The van der Waals surface area contributed by atoms with Gasteiger partial charge in [0.05, 0.1) is 10.6 Å². The summed E-state index contributed by atoms with van der Waals surface area (Å²) in [5.74, 6) is 0.206. The molecule has 0 radical (unpaired) electrons. The van der Waals surface area contributed by atoms with Crippen LogP contribution < -0.4 is 11.3 Å². The number of aryl methyl sites for hydroxylation is 2. The number of nitrogen functional groups attached to an aromatic ring is 1. The first-order chi connectivity index (χ1) is 12.7. The molecule has 6 nitrogen and oxygen atoms in total. The third-order valence-electron chi connectivity index (χ3n) is 4.44. The van der Waals surface area contributed by atoms with Gasteiger partial charge in [0.15, 0.2) is 9.84 Å². The van der Waals surface area contributed by atoms with E-state index in [1.165, 1.54) is 16.9 Å². The van der Waals surface area contributed by atoms with E-state index in [9.17, 15) is 13.2 Å². The van der Waals surface area contributed by atoms with Gasteiger partial charge in [-0.2, -0.15) is 0 Å². The van der Waals surface area contributed by atoms with Crippen molar-refractivity contribution in [3.05, 3.63) is 76.2 Å². The predicted molar refractivity (Wildman–Crippen MR) is 106 cm³/mol. The third-order valence-corrected chi connectivity index (χ3v) is 5.56. The Morgan fingerprint density at radius 2 is 1.70 bits per heavy atom. The van der Waals surface area contributed by atoms with Crippen molar-refractivity contribution in [3.63, 3.8) is 0 Å². The molecule has 0 bridgehead atoms. The summed E-state index contributed by atoms with van der Waals surface area (Å²) in [6, 6.07) is 16.3. The second kappa shape index (κ2) is 7.36. The Balaban J connectivity index is 1.79. The second-order valence-corrected chi connectivity index (χ2v) is 8.52. The SMILES string of the molecule is Cn1c(N)nc(CCc2cccc(-c3ccc(S(C)(=O)=O)cc3)c2)cc1=O. The molecule has 3 aromatic rings. The van der Waals surface area contributed by atoms with Crippen molar-refractivity contribution in [2.24, 2.45) is 7.05 Å². The minimum Gasteiger partial charge on any atom is -0.369 e. The minimum atomic E-state index is -3.20. The van der Waals surface area contributed by atoms with Gasteiger partial charge in [-0.15, -0.1) is 0 Å². The molecule has 0 spiro atoms. The van der Waals surface area contributed by atoms with Crippen LogP contribution in [0.2, 0.25) is 0 Å². The Morgan fingerprint density at radius 1 is 1.00 bits per heavy atom. The molecule has 1 aromatic heterocycles. The van der Waals surface area contributed by atoms with Crippen LogP contribution in [0.25, 0.3) is 11.1 Å². The van der Waals surface area contributed by atoms with Gasteiger partial charge in [-0.25, -0.2) is 13.4 Å². The van der Waals surface area contributed by atoms with Gasteiger partial charge in [-0.05, 0) is 41.7 Å². The fraction of sp³-hybridized carbons (Fsp3) is 0.200. The number of sulfone groups is 1. The zero-order valence-electron chi connectivity index (χ0n) is 15.2. The van der Waals surface area contributed by atoms with E-state index in [1.807, 2.05) is 18.2 Å². The maximum atomic E-state index is 11.8. The van der Waals surface area contributed by atoms with E-state index in [0.29, 0.717) is 17.0 Å². The van der Waals surface area contributed by atoms with Gasteiger partial charge in [0.25, 0.3) is 5.56 Å². The highest BCUT2D eigenvalue weighted by molar-refractivity contribution is 7.90. The normalized spacial score (nSPS) is 11.5. The molecule has 0 amide bonds. The van der Waals surface area contributed by atoms with Crippen molar-refractivity contribution in [1.82, 2.24) is 9.55 Å². The van der Waals surface area contributed by atoms with Crippen LogP contribution in [0.3, 0.4) is 0 Å². The van der Waals surface area contributed by atoms with Crippen LogP contribution in [0.5, 0.6) is 0 Å². The number of rotatable bonds is 5. The zero-order chi connectivity index (χ0) is 19.6. The fourth-order valence-electron chi connectivity index (χ4n) is 2.81. The largest absolute Gasteiger partial charge is 0.369 e. The molecule has 0 atom stereocenters. The molecule has 0 aliphatic carbocycles. The van der Waals surface area contributed by atoms with Crippen LogP contribution >= 0.6 is 0 Å². The summed E-state index contributed by atoms with van der Waals surface area (Å²) in [7, 11) is -1.61. The summed E-state index contributed by atoms with van der Waals surface area (Å²) in [6.07, 6.45) is 2.52. The van der Waals surface area contributed by atoms with Crippen LogP contribution in [0, 0.1) is 0 Å². The lowest BCUT2D eigenvalue weighted by atomic mass is 10.0. The molecule has 0 unspecified atom stereocenters. The molecule has 0 aliphatic heterocycles. The molecule has 27 heavy (non-hydrogen) atoms. The maximum absolute atomic E-state index is 11.8. The van der Waals surface area contributed by atoms with Gasteiger partial charge >= 0.3 is 0 Å². The number of hydrogen-bond donors (Lipinski definition) is 1. The van der Waals surface area contributed by atoms with E-state index in [4.69, 9.17) is 5.73 Å². The topological polar surface area (TPSA) is 95.1 Å². The Kier molecular flexibility index (Phi) is 5.14. The monoisotopic (exact) mass is 383 g/mol. The summed E-state index contributed by atoms with van der Waals surface area (Å²) in [6.45, 7) is 0. The van der Waals surface area contributed by atoms with E-state index >= 15 is 0 Å². The molecule has 3 rings (SSSR count). The quantitative estimate of drug-likeness (QED) is 0.729. The number of anilines is 1. The first kappa shape index (κ1) is 18.8. The number of benzene rings is 2. The molecular formula is C20H21N3O3S. The van der Waals surface area contributed by atoms with Gasteiger partial charge < -0.3 is 5.73 Å². The maximum Gasteiger partial charge on any atom is 0.254 e.